The van der Waals surface area contributed by atoms with Crippen molar-refractivity contribution in [1.29, 1.82) is 0 Å². The Morgan fingerprint density at radius 2 is 1.44 bits per heavy atom. The van der Waals surface area contributed by atoms with Crippen molar-refractivity contribution in [3.05, 3.63) is 111 Å². The molecular weight excluding hydrogens is 523 g/mol. The van der Waals surface area contributed by atoms with E-state index in [1.54, 1.807) is 0 Å². The quantitative estimate of drug-likeness (QED) is 0.128. The van der Waals surface area contributed by atoms with Crippen LogP contribution in [-0.4, -0.2) is 16.9 Å². The highest BCUT2D eigenvalue weighted by Crippen LogP contribution is 2.31. The Morgan fingerprint density at radius 3 is 2.14 bits per heavy atom. The molecule has 0 unspecified atom stereocenters. The monoisotopic (exact) mass is 534 g/mol. The van der Waals surface area contributed by atoms with Crippen LogP contribution < -0.4 is 10.1 Å². The minimum Gasteiger partial charge on any atom is -0.422 e. The molecule has 36 heavy (non-hydrogen) atoms. The van der Waals surface area contributed by atoms with Gasteiger partial charge in [-0.05, 0) is 60.2 Å². The van der Waals surface area contributed by atoms with Gasteiger partial charge >= 0.3 is 5.97 Å². The van der Waals surface area contributed by atoms with Gasteiger partial charge in [0.2, 0.25) is 0 Å². The average Bonchev–Trinajstić information content (AvgIpc) is 2.83. The number of pyridine rings is 1. The summed E-state index contributed by atoms with van der Waals surface area (Å²) >= 11 is 11.4. The summed E-state index contributed by atoms with van der Waals surface area (Å²) in [5, 5.41) is 1.51. The molecule has 3 aromatic carbocycles. The fourth-order valence-corrected chi connectivity index (χ4v) is 3.56. The molecule has 4 aromatic rings. The molecule has 0 fully saturated rings. The van der Waals surface area contributed by atoms with E-state index in [-0.39, 0.29) is 28.1 Å². The van der Waals surface area contributed by atoms with Crippen molar-refractivity contribution in [2.45, 2.75) is 0 Å². The predicted molar refractivity (Wildman–Crippen MR) is 125 cm³/mol. The summed E-state index contributed by atoms with van der Waals surface area (Å²) in [4.78, 5) is 29.2. The third kappa shape index (κ3) is 5.48. The standard InChI is InChI=1S/C25H12Cl2F4N2O3/c26-22-18(11-20(31)23(27)33-22)25(35)36-21-8-1-12(16-7-4-14(29)10-19(16)30)9-17(21)24(34)32-15-5-2-13(28)3-6-15/h1-11H,(H,32,34). The van der Waals surface area contributed by atoms with Crippen molar-refractivity contribution in [2.75, 3.05) is 5.32 Å². The molecule has 4 rings (SSSR count). The minimum absolute atomic E-state index is 0.0304. The summed E-state index contributed by atoms with van der Waals surface area (Å²) in [7, 11) is 0. The van der Waals surface area contributed by atoms with Crippen LogP contribution >= 0.6 is 23.2 Å². The van der Waals surface area contributed by atoms with Gasteiger partial charge in [0.1, 0.15) is 33.9 Å². The molecular formula is C25H12Cl2F4N2O3. The second-order valence-electron chi connectivity index (χ2n) is 7.29. The Labute approximate surface area is 211 Å². The van der Waals surface area contributed by atoms with Gasteiger partial charge < -0.3 is 10.1 Å². The third-order valence-electron chi connectivity index (χ3n) is 4.88. The highest BCUT2D eigenvalue weighted by atomic mass is 35.5. The predicted octanol–water partition coefficient (Wildman–Crippen LogP) is 7.08. The number of hydrogen-bond donors (Lipinski definition) is 1. The zero-order valence-electron chi connectivity index (χ0n) is 17.8. The number of carbonyl (C=O) groups excluding carboxylic acids is 2. The molecule has 11 heteroatoms. The number of ether oxygens (including phenoxy) is 1. The van der Waals surface area contributed by atoms with E-state index in [0.29, 0.717) is 6.07 Å². The van der Waals surface area contributed by atoms with Gasteiger partial charge in [0.25, 0.3) is 5.91 Å². The van der Waals surface area contributed by atoms with Crippen LogP contribution in [-0.2, 0) is 0 Å². The number of hydrogen-bond acceptors (Lipinski definition) is 4. The van der Waals surface area contributed by atoms with Crippen LogP contribution in [0.15, 0.2) is 66.7 Å². The summed E-state index contributed by atoms with van der Waals surface area (Å²) < 4.78 is 60.1. The van der Waals surface area contributed by atoms with Crippen LogP contribution in [0.3, 0.4) is 0 Å². The van der Waals surface area contributed by atoms with Gasteiger partial charge in [-0.25, -0.2) is 27.3 Å². The number of benzene rings is 3. The maximum absolute atomic E-state index is 14.4. The summed E-state index contributed by atoms with van der Waals surface area (Å²) in [6.45, 7) is 0. The highest BCUT2D eigenvalue weighted by Gasteiger charge is 2.22. The first kappa shape index (κ1) is 25.2. The largest absolute Gasteiger partial charge is 0.422 e. The molecule has 0 aliphatic rings. The fraction of sp³-hybridized carbons (Fsp3) is 0. The Bertz CT molecular complexity index is 1500. The van der Waals surface area contributed by atoms with Crippen LogP contribution in [0.25, 0.3) is 11.1 Å². The molecule has 0 aliphatic heterocycles. The lowest BCUT2D eigenvalue weighted by molar-refractivity contribution is 0.0732. The zero-order chi connectivity index (χ0) is 26.0. The molecule has 5 nitrogen and oxygen atoms in total. The number of esters is 1. The van der Waals surface area contributed by atoms with Gasteiger partial charge in [-0.15, -0.1) is 0 Å². The lowest BCUT2D eigenvalue weighted by atomic mass is 10.0. The van der Waals surface area contributed by atoms with Crippen LogP contribution in [0.5, 0.6) is 5.75 Å². The van der Waals surface area contributed by atoms with Crippen molar-refractivity contribution in [1.82, 2.24) is 4.98 Å². The maximum Gasteiger partial charge on any atom is 0.346 e. The number of anilines is 1. The Hall–Kier alpha value is -3.95. The summed E-state index contributed by atoms with van der Waals surface area (Å²) in [5.74, 6) is -5.49. The maximum atomic E-state index is 14.4. The molecule has 0 aliphatic carbocycles. The van der Waals surface area contributed by atoms with E-state index < -0.39 is 51.0 Å². The van der Waals surface area contributed by atoms with Crippen molar-refractivity contribution < 1.29 is 31.9 Å². The van der Waals surface area contributed by atoms with Crippen LogP contribution in [0.1, 0.15) is 20.7 Å². The van der Waals surface area contributed by atoms with Gasteiger partial charge in [0.15, 0.2) is 11.0 Å². The summed E-state index contributed by atoms with van der Waals surface area (Å²) in [5.41, 5.74) is -0.362. The Morgan fingerprint density at radius 1 is 0.750 bits per heavy atom. The SMILES string of the molecule is O=C(Nc1ccc(F)cc1)c1cc(-c2ccc(F)cc2F)ccc1OC(=O)c1cc(F)c(Cl)nc1Cl. The number of rotatable bonds is 5. The molecule has 0 spiro atoms. The van der Waals surface area contributed by atoms with E-state index in [4.69, 9.17) is 27.9 Å². The summed E-state index contributed by atoms with van der Waals surface area (Å²) in [6.07, 6.45) is 0. The first-order chi connectivity index (χ1) is 17.1. The fourth-order valence-electron chi connectivity index (χ4n) is 3.16. The normalized spacial score (nSPS) is 10.7. The Balaban J connectivity index is 1.74. The number of aromatic nitrogens is 1. The van der Waals surface area contributed by atoms with Crippen LogP contribution in [0, 0.1) is 23.3 Å². The van der Waals surface area contributed by atoms with Crippen molar-refractivity contribution in [3.63, 3.8) is 0 Å². The van der Waals surface area contributed by atoms with E-state index in [0.717, 1.165) is 24.3 Å². The van der Waals surface area contributed by atoms with Gasteiger partial charge in [0.05, 0.1) is 5.56 Å². The van der Waals surface area contributed by atoms with E-state index >= 15 is 0 Å². The number of halogens is 6. The van der Waals surface area contributed by atoms with Gasteiger partial charge in [-0.3, -0.25) is 4.79 Å². The highest BCUT2D eigenvalue weighted by molar-refractivity contribution is 6.34. The van der Waals surface area contributed by atoms with Crippen molar-refractivity contribution in [2.24, 2.45) is 0 Å². The lowest BCUT2D eigenvalue weighted by Crippen LogP contribution is -2.17. The lowest BCUT2D eigenvalue weighted by Gasteiger charge is -2.14. The average molecular weight is 535 g/mol. The number of amides is 1. The smallest absolute Gasteiger partial charge is 0.346 e. The van der Waals surface area contributed by atoms with E-state index in [1.165, 1.54) is 36.4 Å². The first-order valence-corrected chi connectivity index (χ1v) is 10.8. The van der Waals surface area contributed by atoms with E-state index in [9.17, 15) is 27.2 Å². The molecule has 1 heterocycles. The molecule has 0 saturated carbocycles. The molecule has 0 bridgehead atoms. The molecule has 182 valence electrons. The van der Waals surface area contributed by atoms with Crippen molar-refractivity contribution in [3.8, 4) is 16.9 Å². The number of nitrogens with zero attached hydrogens (tertiary/aromatic N) is 1. The second kappa shape index (κ2) is 10.3. The molecule has 0 atom stereocenters. The zero-order valence-corrected chi connectivity index (χ0v) is 19.3. The van der Waals surface area contributed by atoms with Gasteiger partial charge in [0, 0.05) is 17.3 Å². The van der Waals surface area contributed by atoms with E-state index in [2.05, 4.69) is 10.3 Å². The topological polar surface area (TPSA) is 68.3 Å². The molecule has 0 radical (unpaired) electrons. The number of nitrogens with one attached hydrogen (secondary N) is 1. The number of carbonyl (C=O) groups is 2. The molecule has 1 amide bonds. The molecule has 1 N–H and O–H groups in total. The van der Waals surface area contributed by atoms with Crippen LogP contribution in [0.2, 0.25) is 10.3 Å². The second-order valence-corrected chi connectivity index (χ2v) is 8.00. The first-order valence-electron chi connectivity index (χ1n) is 10.0. The third-order valence-corrected chi connectivity index (χ3v) is 5.43. The van der Waals surface area contributed by atoms with Gasteiger partial charge in [-0.1, -0.05) is 29.3 Å². The van der Waals surface area contributed by atoms with Crippen molar-refractivity contribution >= 4 is 40.8 Å². The van der Waals surface area contributed by atoms with Gasteiger partial charge in [-0.2, -0.15) is 0 Å². The van der Waals surface area contributed by atoms with E-state index in [1.807, 2.05) is 0 Å². The van der Waals surface area contributed by atoms with Crippen LogP contribution in [0.4, 0.5) is 23.2 Å². The minimum atomic E-state index is -1.15. The molecule has 0 saturated heterocycles. The Kier molecular flexibility index (Phi) is 7.23. The summed E-state index contributed by atoms with van der Waals surface area (Å²) in [6, 6.07) is 12.2. The molecule has 1 aromatic heterocycles.